The molecule has 0 fully saturated rings. The summed E-state index contributed by atoms with van der Waals surface area (Å²) >= 11 is 0. The zero-order valence-corrected chi connectivity index (χ0v) is 37.4. The molecule has 0 saturated heterocycles. The van der Waals surface area contributed by atoms with Crippen LogP contribution in [-0.2, 0) is 0 Å². The van der Waals surface area contributed by atoms with Gasteiger partial charge in [0.25, 0.3) is 0 Å². The molecule has 0 atom stereocenters. The van der Waals surface area contributed by atoms with Crippen molar-refractivity contribution in [3.8, 4) is 84.6 Å². The Hall–Kier alpha value is -9.39. The van der Waals surface area contributed by atoms with Gasteiger partial charge in [-0.1, -0.05) is 182 Å². The van der Waals surface area contributed by atoms with Gasteiger partial charge in [-0.15, -0.1) is 0 Å². The monoisotopic (exact) mass is 882 g/mol. The number of para-hydroxylation sites is 9. The van der Waals surface area contributed by atoms with Crippen LogP contribution in [0.1, 0.15) is 0 Å². The van der Waals surface area contributed by atoms with E-state index in [-0.39, 0.29) is 0 Å². The van der Waals surface area contributed by atoms with Crippen molar-refractivity contribution in [2.24, 2.45) is 0 Å². The second-order valence-electron chi connectivity index (χ2n) is 17.2. The van der Waals surface area contributed by atoms with Crippen LogP contribution in [0, 0.1) is 0 Å². The second-order valence-corrected chi connectivity index (χ2v) is 17.2. The van der Waals surface area contributed by atoms with E-state index in [0.29, 0.717) is 0 Å². The predicted octanol–water partition coefficient (Wildman–Crippen LogP) is 15.7. The summed E-state index contributed by atoms with van der Waals surface area (Å²) in [6.07, 6.45) is 0. The van der Waals surface area contributed by atoms with E-state index in [0.717, 1.165) is 118 Å². The number of nitrogens with zero attached hydrogens (tertiary/aromatic N) is 6. The molecule has 0 saturated carbocycles. The van der Waals surface area contributed by atoms with Crippen LogP contribution in [0.25, 0.3) is 118 Å². The number of hydrogen-bond acceptors (Lipinski definition) is 3. The van der Waals surface area contributed by atoms with Crippen molar-refractivity contribution in [1.29, 1.82) is 0 Å². The van der Waals surface area contributed by atoms with E-state index >= 15 is 0 Å². The first kappa shape index (κ1) is 39.9. The molecule has 13 aromatic rings. The van der Waals surface area contributed by atoms with Gasteiger partial charge in [-0.2, -0.15) is 0 Å². The van der Waals surface area contributed by atoms with E-state index in [9.17, 15) is 0 Å². The molecule has 3 aromatic heterocycles. The van der Waals surface area contributed by atoms with Crippen LogP contribution in [0.15, 0.2) is 255 Å². The highest BCUT2D eigenvalue weighted by Crippen LogP contribution is 2.42. The average molecular weight is 883 g/mol. The van der Waals surface area contributed by atoms with Gasteiger partial charge in [-0.25, -0.2) is 15.0 Å². The molecule has 0 aliphatic rings. The molecule has 0 amide bonds. The SMILES string of the molecule is c1ccc(-c2ccccc2-n2c(-c3cc(-c4nc5ccccc5n4-c4ccccc4-c4ccccc4)cc(-c4nc5ccccc5n4-c4ccccc4-c4ccccc4)c3)nc3ccccc32)cc1. The zero-order chi connectivity index (χ0) is 45.7. The molecule has 0 radical (unpaired) electrons. The smallest absolute Gasteiger partial charge is 0.145 e. The van der Waals surface area contributed by atoms with E-state index < -0.39 is 0 Å². The summed E-state index contributed by atoms with van der Waals surface area (Å²) in [5.41, 5.74) is 18.3. The molecule has 6 nitrogen and oxygen atoms in total. The quantitative estimate of drug-likeness (QED) is 0.145. The molecule has 3 heterocycles. The number of benzene rings is 10. The van der Waals surface area contributed by atoms with E-state index in [4.69, 9.17) is 15.0 Å². The van der Waals surface area contributed by atoms with Crippen molar-refractivity contribution in [2.75, 3.05) is 0 Å². The van der Waals surface area contributed by atoms with Crippen molar-refractivity contribution >= 4 is 33.1 Å². The molecule has 0 aliphatic heterocycles. The van der Waals surface area contributed by atoms with Gasteiger partial charge in [0.15, 0.2) is 0 Å². The van der Waals surface area contributed by atoms with Gasteiger partial charge in [0, 0.05) is 33.4 Å². The molecule has 13 rings (SSSR count). The summed E-state index contributed by atoms with van der Waals surface area (Å²) < 4.78 is 6.96. The van der Waals surface area contributed by atoms with E-state index in [1.54, 1.807) is 0 Å². The molecule has 69 heavy (non-hydrogen) atoms. The Kier molecular flexibility index (Phi) is 9.72. The van der Waals surface area contributed by atoms with Gasteiger partial charge in [0.05, 0.1) is 50.2 Å². The predicted molar refractivity (Wildman–Crippen MR) is 283 cm³/mol. The molecule has 324 valence electrons. The maximum absolute atomic E-state index is 5.53. The Morgan fingerprint density at radius 3 is 0.768 bits per heavy atom. The fourth-order valence-electron chi connectivity index (χ4n) is 10.00. The highest BCUT2D eigenvalue weighted by molar-refractivity contribution is 5.93. The molecule has 6 heteroatoms. The lowest BCUT2D eigenvalue weighted by Crippen LogP contribution is -2.04. The minimum Gasteiger partial charge on any atom is -0.292 e. The Morgan fingerprint density at radius 1 is 0.217 bits per heavy atom. The van der Waals surface area contributed by atoms with Crippen molar-refractivity contribution in [2.45, 2.75) is 0 Å². The lowest BCUT2D eigenvalue weighted by molar-refractivity contribution is 1.09. The van der Waals surface area contributed by atoms with Crippen LogP contribution in [0.2, 0.25) is 0 Å². The second kappa shape index (κ2) is 16.8. The van der Waals surface area contributed by atoms with Gasteiger partial charge in [-0.05, 0) is 89.5 Å². The normalized spacial score (nSPS) is 11.5. The summed E-state index contributed by atoms with van der Waals surface area (Å²) in [6, 6.07) is 89.7. The molecule has 0 spiro atoms. The topological polar surface area (TPSA) is 53.5 Å². The highest BCUT2D eigenvalue weighted by atomic mass is 15.1. The fourth-order valence-corrected chi connectivity index (χ4v) is 10.00. The average Bonchev–Trinajstić information content (AvgIpc) is 4.14. The summed E-state index contributed by atoms with van der Waals surface area (Å²) in [7, 11) is 0. The highest BCUT2D eigenvalue weighted by Gasteiger charge is 2.25. The van der Waals surface area contributed by atoms with Crippen molar-refractivity contribution in [3.63, 3.8) is 0 Å². The summed E-state index contributed by atoms with van der Waals surface area (Å²) in [4.78, 5) is 16.6. The van der Waals surface area contributed by atoms with Crippen molar-refractivity contribution in [3.05, 3.63) is 255 Å². The standard InChI is InChI=1S/C63H42N6/c1-4-22-43(23-5-1)49-28-10-16-34-55(49)67-58-37-19-13-31-52(58)64-61(67)46-40-47(62-65-53-32-14-20-38-59(53)68(62)56-35-17-11-29-50(56)44-24-6-2-7-25-44)42-48(41-46)63-66-54-33-15-21-39-60(54)69(63)57-36-18-12-30-51(57)45-26-8-3-9-27-45/h1-42H. The van der Waals surface area contributed by atoms with Crippen LogP contribution in [0.3, 0.4) is 0 Å². The first-order valence-electron chi connectivity index (χ1n) is 23.3. The number of fused-ring (bicyclic) bond motifs is 3. The molecule has 0 unspecified atom stereocenters. The van der Waals surface area contributed by atoms with Gasteiger partial charge in [-0.3, -0.25) is 13.7 Å². The third-order valence-corrected chi connectivity index (χ3v) is 13.1. The Morgan fingerprint density at radius 2 is 0.464 bits per heavy atom. The van der Waals surface area contributed by atoms with Crippen LogP contribution in [-0.4, -0.2) is 28.7 Å². The Labute approximate surface area is 399 Å². The summed E-state index contributed by atoms with van der Waals surface area (Å²) in [5.74, 6) is 2.42. The van der Waals surface area contributed by atoms with E-state index in [1.807, 2.05) is 0 Å². The van der Waals surface area contributed by atoms with Gasteiger partial charge in [0.2, 0.25) is 0 Å². The first-order valence-corrected chi connectivity index (χ1v) is 23.3. The largest absolute Gasteiger partial charge is 0.292 e. The Bertz CT molecular complexity index is 3580. The van der Waals surface area contributed by atoms with Gasteiger partial charge < -0.3 is 0 Å². The fraction of sp³-hybridized carbons (Fsp3) is 0. The summed E-state index contributed by atoms with van der Waals surface area (Å²) in [5, 5.41) is 0. The number of rotatable bonds is 9. The number of hydrogen-bond donors (Lipinski definition) is 0. The van der Waals surface area contributed by atoms with E-state index in [1.165, 1.54) is 0 Å². The third-order valence-electron chi connectivity index (χ3n) is 13.1. The molecule has 0 bridgehead atoms. The van der Waals surface area contributed by atoms with Gasteiger partial charge in [0.1, 0.15) is 17.5 Å². The van der Waals surface area contributed by atoms with Crippen molar-refractivity contribution < 1.29 is 0 Å². The molecule has 0 aliphatic carbocycles. The number of aromatic nitrogens is 6. The summed E-state index contributed by atoms with van der Waals surface area (Å²) in [6.45, 7) is 0. The van der Waals surface area contributed by atoms with Gasteiger partial charge >= 0.3 is 0 Å². The van der Waals surface area contributed by atoms with Crippen LogP contribution >= 0.6 is 0 Å². The van der Waals surface area contributed by atoms with Crippen LogP contribution in [0.4, 0.5) is 0 Å². The van der Waals surface area contributed by atoms with Crippen LogP contribution < -0.4 is 0 Å². The third kappa shape index (κ3) is 6.93. The molecule has 10 aromatic carbocycles. The molecular weight excluding hydrogens is 841 g/mol. The van der Waals surface area contributed by atoms with Crippen molar-refractivity contribution in [1.82, 2.24) is 28.7 Å². The zero-order valence-electron chi connectivity index (χ0n) is 37.4. The lowest BCUT2D eigenvalue weighted by Gasteiger charge is -2.18. The maximum Gasteiger partial charge on any atom is 0.145 e. The first-order chi connectivity index (χ1) is 34.2. The molecule has 0 N–H and O–H groups in total. The minimum absolute atomic E-state index is 0.808. The maximum atomic E-state index is 5.53. The minimum atomic E-state index is 0.808. The number of imidazole rings is 3. The lowest BCUT2D eigenvalue weighted by atomic mass is 10.0. The molecular formula is C63H42N6. The van der Waals surface area contributed by atoms with Crippen LogP contribution in [0.5, 0.6) is 0 Å². The van der Waals surface area contributed by atoms with E-state index in [2.05, 4.69) is 268 Å². The Balaban J connectivity index is 1.14.